The maximum atomic E-state index is 11.8. The second-order valence-electron chi connectivity index (χ2n) is 3.83. The Morgan fingerprint density at radius 1 is 1.33 bits per heavy atom. The van der Waals surface area contributed by atoms with Crippen molar-refractivity contribution in [3.8, 4) is 0 Å². The highest BCUT2D eigenvalue weighted by Crippen LogP contribution is 2.10. The molecule has 0 aromatic heterocycles. The number of nitrogens with zero attached hydrogens (tertiary/aromatic N) is 3. The number of hydrogen-bond donors (Lipinski definition) is 1. The number of urea groups is 2. The van der Waals surface area contributed by atoms with Crippen molar-refractivity contribution in [1.29, 1.82) is 0 Å². The first-order valence-electron chi connectivity index (χ1n) is 5.31. The molecule has 0 heterocycles. The van der Waals surface area contributed by atoms with Crippen molar-refractivity contribution in [2.24, 2.45) is 4.99 Å². The Kier molecular flexibility index (Phi) is 7.18. The summed E-state index contributed by atoms with van der Waals surface area (Å²) in [6.07, 6.45) is 1.79. The topological polar surface area (TPSA) is 74.2 Å². The molecular weight excluding hydrogens is 256 g/mol. The summed E-state index contributed by atoms with van der Waals surface area (Å²) in [6.45, 7) is 3.76. The van der Waals surface area contributed by atoms with Gasteiger partial charge in [0, 0.05) is 26.4 Å². The zero-order valence-corrected chi connectivity index (χ0v) is 12.4. The van der Waals surface area contributed by atoms with Gasteiger partial charge in [-0.05, 0) is 25.8 Å². The number of aliphatic imine (C=N–C) groups is 1. The molecule has 0 aliphatic rings. The smallest absolute Gasteiger partial charge is 0.347 e. The quantitative estimate of drug-likeness (QED) is 0.469. The van der Waals surface area contributed by atoms with E-state index in [2.05, 4.69) is 10.3 Å². The van der Waals surface area contributed by atoms with Gasteiger partial charge in [0.2, 0.25) is 0 Å². The van der Waals surface area contributed by atoms with E-state index in [1.54, 1.807) is 20.4 Å². The van der Waals surface area contributed by atoms with Crippen LogP contribution in [0.1, 0.15) is 13.8 Å². The normalized spacial score (nSPS) is 11.2. The fourth-order valence-corrected chi connectivity index (χ4v) is 1.62. The van der Waals surface area contributed by atoms with Gasteiger partial charge in [0.25, 0.3) is 0 Å². The lowest BCUT2D eigenvalue weighted by Gasteiger charge is -2.23. The Bertz CT molecular complexity index is 331. The van der Waals surface area contributed by atoms with Gasteiger partial charge in [-0.1, -0.05) is 0 Å². The van der Waals surface area contributed by atoms with Crippen molar-refractivity contribution in [2.75, 3.05) is 27.5 Å². The van der Waals surface area contributed by atoms with Crippen molar-refractivity contribution < 1.29 is 14.3 Å². The van der Waals surface area contributed by atoms with Crippen molar-refractivity contribution in [3.05, 3.63) is 0 Å². The number of carbonyl (C=O) groups excluding carboxylic acids is 2. The van der Waals surface area contributed by atoms with Gasteiger partial charge in [-0.3, -0.25) is 9.62 Å². The first kappa shape index (κ1) is 16.6. The fraction of sp³-hybridized carbons (Fsp3) is 0.700. The summed E-state index contributed by atoms with van der Waals surface area (Å²) in [5, 5.41) is 2.43. The third-order valence-electron chi connectivity index (χ3n) is 1.85. The SMILES string of the molecule is COC(=NC(=O)N(C)C)NC(=O)N(SC)C(C)C. The summed E-state index contributed by atoms with van der Waals surface area (Å²) in [5.74, 6) is 0. The molecule has 0 aromatic rings. The number of carbonyl (C=O) groups is 2. The maximum Gasteiger partial charge on any atom is 0.347 e. The van der Waals surface area contributed by atoms with Gasteiger partial charge in [0.05, 0.1) is 7.11 Å². The van der Waals surface area contributed by atoms with Crippen LogP contribution in [0, 0.1) is 0 Å². The minimum absolute atomic E-state index is 0.0163. The number of amidine groups is 1. The molecule has 0 saturated carbocycles. The molecule has 0 aliphatic heterocycles. The van der Waals surface area contributed by atoms with E-state index in [9.17, 15) is 9.59 Å². The van der Waals surface area contributed by atoms with Gasteiger partial charge in [-0.2, -0.15) is 0 Å². The first-order valence-corrected chi connectivity index (χ1v) is 6.49. The Balaban J connectivity index is 4.73. The Hall–Kier alpha value is -1.44. The molecular formula is C10H20N4O3S. The van der Waals surface area contributed by atoms with E-state index in [1.807, 2.05) is 13.8 Å². The predicted molar refractivity (Wildman–Crippen MR) is 72.5 cm³/mol. The molecule has 0 spiro atoms. The van der Waals surface area contributed by atoms with Gasteiger partial charge in [-0.25, -0.2) is 9.59 Å². The Labute approximate surface area is 112 Å². The molecule has 1 N–H and O–H groups in total. The lowest BCUT2D eigenvalue weighted by atomic mass is 10.4. The van der Waals surface area contributed by atoms with Crippen molar-refractivity contribution >= 4 is 30.0 Å². The maximum absolute atomic E-state index is 11.8. The van der Waals surface area contributed by atoms with E-state index in [-0.39, 0.29) is 18.1 Å². The lowest BCUT2D eigenvalue weighted by molar-refractivity contribution is 0.220. The van der Waals surface area contributed by atoms with Crippen LogP contribution in [0.2, 0.25) is 0 Å². The zero-order chi connectivity index (χ0) is 14.3. The molecule has 0 atom stereocenters. The van der Waals surface area contributed by atoms with E-state index < -0.39 is 6.03 Å². The molecule has 7 nitrogen and oxygen atoms in total. The van der Waals surface area contributed by atoms with Gasteiger partial charge < -0.3 is 9.64 Å². The molecule has 0 saturated heterocycles. The molecule has 104 valence electrons. The van der Waals surface area contributed by atoms with Crippen molar-refractivity contribution in [2.45, 2.75) is 19.9 Å². The number of rotatable bonds is 2. The van der Waals surface area contributed by atoms with E-state index in [4.69, 9.17) is 4.74 Å². The monoisotopic (exact) mass is 276 g/mol. The number of methoxy groups -OCH3 is 1. The average molecular weight is 276 g/mol. The highest BCUT2D eigenvalue weighted by atomic mass is 32.2. The second kappa shape index (κ2) is 7.80. The molecule has 0 fully saturated rings. The number of nitrogens with one attached hydrogen (secondary N) is 1. The van der Waals surface area contributed by atoms with Crippen LogP contribution in [0.25, 0.3) is 0 Å². The summed E-state index contributed by atoms with van der Waals surface area (Å²) in [6, 6.07) is -1.00. The van der Waals surface area contributed by atoms with Crippen molar-refractivity contribution in [3.63, 3.8) is 0 Å². The molecule has 8 heteroatoms. The Morgan fingerprint density at radius 3 is 2.22 bits per heavy atom. The number of ether oxygens (including phenoxy) is 1. The molecule has 0 bridgehead atoms. The zero-order valence-electron chi connectivity index (χ0n) is 11.6. The van der Waals surface area contributed by atoms with Crippen LogP contribution in [0.3, 0.4) is 0 Å². The minimum Gasteiger partial charge on any atom is -0.468 e. The molecule has 0 aromatic carbocycles. The molecule has 18 heavy (non-hydrogen) atoms. The largest absolute Gasteiger partial charge is 0.468 e. The highest BCUT2D eigenvalue weighted by Gasteiger charge is 2.18. The number of amides is 4. The van der Waals surface area contributed by atoms with Crippen LogP contribution in [0.4, 0.5) is 9.59 Å². The molecule has 0 rings (SSSR count). The van der Waals surface area contributed by atoms with Crippen LogP contribution in [0.15, 0.2) is 4.99 Å². The lowest BCUT2D eigenvalue weighted by Crippen LogP contribution is -2.43. The molecule has 0 aliphatic carbocycles. The van der Waals surface area contributed by atoms with Crippen LogP contribution < -0.4 is 5.32 Å². The van der Waals surface area contributed by atoms with Crippen molar-refractivity contribution in [1.82, 2.24) is 14.5 Å². The van der Waals surface area contributed by atoms with Gasteiger partial charge in [0.1, 0.15) is 0 Å². The van der Waals surface area contributed by atoms with E-state index in [0.29, 0.717) is 0 Å². The summed E-state index contributed by atoms with van der Waals surface area (Å²) >= 11 is 1.28. The van der Waals surface area contributed by atoms with E-state index in [1.165, 1.54) is 28.3 Å². The van der Waals surface area contributed by atoms with Gasteiger partial charge in [-0.15, -0.1) is 4.99 Å². The van der Waals surface area contributed by atoms with Crippen LogP contribution in [-0.2, 0) is 4.74 Å². The average Bonchev–Trinajstić information content (AvgIpc) is 2.27. The molecule has 4 amide bonds. The summed E-state index contributed by atoms with van der Waals surface area (Å²) in [5.41, 5.74) is 0. The minimum atomic E-state index is -0.507. The summed E-state index contributed by atoms with van der Waals surface area (Å²) < 4.78 is 6.36. The summed E-state index contributed by atoms with van der Waals surface area (Å²) in [7, 11) is 4.45. The Morgan fingerprint density at radius 2 is 1.89 bits per heavy atom. The van der Waals surface area contributed by atoms with Crippen LogP contribution >= 0.6 is 11.9 Å². The molecule has 0 unspecified atom stereocenters. The summed E-state index contributed by atoms with van der Waals surface area (Å²) in [4.78, 5) is 28.1. The van der Waals surface area contributed by atoms with Crippen LogP contribution in [0.5, 0.6) is 0 Å². The fourth-order valence-electron chi connectivity index (χ4n) is 0.986. The molecule has 0 radical (unpaired) electrons. The van der Waals surface area contributed by atoms with Crippen LogP contribution in [-0.4, -0.2) is 60.8 Å². The third kappa shape index (κ3) is 5.26. The highest BCUT2D eigenvalue weighted by molar-refractivity contribution is 7.96. The third-order valence-corrected chi connectivity index (χ3v) is 2.83. The first-order chi connectivity index (χ1) is 8.33. The van der Waals surface area contributed by atoms with E-state index in [0.717, 1.165) is 0 Å². The van der Waals surface area contributed by atoms with Gasteiger partial charge in [0.15, 0.2) is 0 Å². The number of hydrogen-bond acceptors (Lipinski definition) is 4. The second-order valence-corrected chi connectivity index (χ2v) is 4.59. The standard InChI is InChI=1S/C10H20N4O3S/c1-7(2)14(18-6)10(16)12-8(17-5)11-9(15)13(3)4/h7H,1-6H3,(H,11,12,15,16). The van der Waals surface area contributed by atoms with Gasteiger partial charge >= 0.3 is 18.1 Å². The predicted octanol–water partition coefficient (Wildman–Crippen LogP) is 1.37. The van der Waals surface area contributed by atoms with E-state index >= 15 is 0 Å².